The molecule has 0 saturated carbocycles. The zero-order valence-electron chi connectivity index (χ0n) is 13.4. The van der Waals surface area contributed by atoms with E-state index >= 15 is 0 Å². The van der Waals surface area contributed by atoms with Gasteiger partial charge in [0.2, 0.25) is 0 Å². The summed E-state index contributed by atoms with van der Waals surface area (Å²) in [5.74, 6) is 1.88. The third kappa shape index (κ3) is 3.63. The van der Waals surface area contributed by atoms with Crippen LogP contribution < -0.4 is 0 Å². The largest absolute Gasteiger partial charge is 0.295 e. The number of likely N-dealkylation sites (tertiary alicyclic amines) is 1. The van der Waals surface area contributed by atoms with Crippen LogP contribution in [-0.2, 0) is 6.54 Å². The summed E-state index contributed by atoms with van der Waals surface area (Å²) in [6.45, 7) is 7.13. The summed E-state index contributed by atoms with van der Waals surface area (Å²) >= 11 is 0. The monoisotopic (exact) mass is 296 g/mol. The van der Waals surface area contributed by atoms with E-state index in [9.17, 15) is 0 Å². The van der Waals surface area contributed by atoms with E-state index in [0.29, 0.717) is 6.04 Å². The molecule has 3 rings (SSSR count). The van der Waals surface area contributed by atoms with E-state index in [1.54, 1.807) is 0 Å². The zero-order chi connectivity index (χ0) is 15.4. The molecular formula is C18H24N4. The predicted octanol–water partition coefficient (Wildman–Crippen LogP) is 3.07. The minimum absolute atomic E-state index is 0.570. The molecule has 0 N–H and O–H groups in total. The first kappa shape index (κ1) is 15.0. The van der Waals surface area contributed by atoms with Gasteiger partial charge < -0.3 is 0 Å². The zero-order valence-corrected chi connectivity index (χ0v) is 13.4. The fraction of sp³-hybridized carbons (Fsp3) is 0.444. The van der Waals surface area contributed by atoms with E-state index in [2.05, 4.69) is 62.1 Å². The summed E-state index contributed by atoms with van der Waals surface area (Å²) in [6.07, 6.45) is 7.00. The number of benzene rings is 1. The summed E-state index contributed by atoms with van der Waals surface area (Å²) in [7, 11) is 0. The van der Waals surface area contributed by atoms with Gasteiger partial charge in [-0.15, -0.1) is 0 Å². The van der Waals surface area contributed by atoms with Crippen molar-refractivity contribution in [3.8, 4) is 0 Å². The maximum absolute atomic E-state index is 4.50. The van der Waals surface area contributed by atoms with Crippen molar-refractivity contribution in [1.82, 2.24) is 19.7 Å². The van der Waals surface area contributed by atoms with E-state index < -0.39 is 0 Å². The summed E-state index contributed by atoms with van der Waals surface area (Å²) in [5, 5.41) is 4.50. The Morgan fingerprint density at radius 3 is 2.77 bits per heavy atom. The minimum atomic E-state index is 0.570. The first-order chi connectivity index (χ1) is 10.7. The second-order valence-electron chi connectivity index (χ2n) is 5.99. The Kier molecular flexibility index (Phi) is 4.68. The normalized spacial score (nSPS) is 19.3. The predicted molar refractivity (Wildman–Crippen MR) is 89.6 cm³/mol. The van der Waals surface area contributed by atoms with Gasteiger partial charge in [0.1, 0.15) is 11.6 Å². The lowest BCUT2D eigenvalue weighted by Gasteiger charge is -2.23. The van der Waals surface area contributed by atoms with Crippen LogP contribution in [0.1, 0.15) is 30.1 Å². The fourth-order valence-corrected chi connectivity index (χ4v) is 3.16. The molecule has 0 unspecified atom stereocenters. The Balaban J connectivity index is 1.59. The summed E-state index contributed by atoms with van der Waals surface area (Å²) in [6, 6.07) is 11.1. The Labute approximate surface area is 132 Å². The standard InChI is InChI=1S/C18H24N4/c1-15-19-16(2)22(20-15)14-18-11-7-13-21(18)12-6-10-17-8-4-3-5-9-17/h3-6,8-10,18H,7,11-14H2,1-2H3/b10-6+/t18-/m0/s1. The van der Waals surface area contributed by atoms with Gasteiger partial charge >= 0.3 is 0 Å². The molecule has 4 nitrogen and oxygen atoms in total. The van der Waals surface area contributed by atoms with Gasteiger partial charge in [0.15, 0.2) is 0 Å². The summed E-state index contributed by atoms with van der Waals surface area (Å²) in [4.78, 5) is 6.95. The van der Waals surface area contributed by atoms with Crippen LogP contribution in [0.5, 0.6) is 0 Å². The molecule has 2 heterocycles. The van der Waals surface area contributed by atoms with Gasteiger partial charge in [0.05, 0.1) is 6.54 Å². The lowest BCUT2D eigenvalue weighted by Crippen LogP contribution is -2.33. The van der Waals surface area contributed by atoms with Crippen molar-refractivity contribution in [1.29, 1.82) is 0 Å². The van der Waals surface area contributed by atoms with Gasteiger partial charge in [-0.25, -0.2) is 9.67 Å². The van der Waals surface area contributed by atoms with Crippen LogP contribution >= 0.6 is 0 Å². The van der Waals surface area contributed by atoms with Gasteiger partial charge in [-0.1, -0.05) is 42.5 Å². The Morgan fingerprint density at radius 2 is 2.05 bits per heavy atom. The van der Waals surface area contributed by atoms with E-state index in [4.69, 9.17) is 0 Å². The van der Waals surface area contributed by atoms with Crippen molar-refractivity contribution in [3.05, 3.63) is 53.6 Å². The molecule has 0 radical (unpaired) electrons. The van der Waals surface area contributed by atoms with Crippen LogP contribution in [0.4, 0.5) is 0 Å². The molecule has 0 amide bonds. The van der Waals surface area contributed by atoms with Crippen LogP contribution in [0.15, 0.2) is 36.4 Å². The molecule has 1 aliphatic heterocycles. The molecule has 116 valence electrons. The van der Waals surface area contributed by atoms with E-state index in [-0.39, 0.29) is 0 Å². The highest BCUT2D eigenvalue weighted by atomic mass is 15.4. The van der Waals surface area contributed by atoms with Crippen LogP contribution in [0.2, 0.25) is 0 Å². The Bertz CT molecular complexity index is 630. The van der Waals surface area contributed by atoms with Crippen LogP contribution in [0, 0.1) is 13.8 Å². The number of aromatic nitrogens is 3. The summed E-state index contributed by atoms with van der Waals surface area (Å²) < 4.78 is 2.05. The maximum Gasteiger partial charge on any atom is 0.147 e. The molecule has 1 aliphatic rings. The highest BCUT2D eigenvalue weighted by Crippen LogP contribution is 2.19. The molecule has 1 fully saturated rings. The molecule has 2 aromatic rings. The van der Waals surface area contributed by atoms with E-state index in [0.717, 1.165) is 24.7 Å². The highest BCUT2D eigenvalue weighted by molar-refractivity contribution is 5.48. The quantitative estimate of drug-likeness (QED) is 0.850. The van der Waals surface area contributed by atoms with Crippen molar-refractivity contribution in [2.24, 2.45) is 0 Å². The second kappa shape index (κ2) is 6.88. The molecule has 4 heteroatoms. The lowest BCUT2D eigenvalue weighted by atomic mass is 10.2. The van der Waals surface area contributed by atoms with Crippen LogP contribution in [0.25, 0.3) is 6.08 Å². The maximum atomic E-state index is 4.50. The highest BCUT2D eigenvalue weighted by Gasteiger charge is 2.24. The molecule has 0 bridgehead atoms. The van der Waals surface area contributed by atoms with Gasteiger partial charge in [-0.2, -0.15) is 5.10 Å². The number of hydrogen-bond donors (Lipinski definition) is 0. The lowest BCUT2D eigenvalue weighted by molar-refractivity contribution is 0.248. The van der Waals surface area contributed by atoms with Crippen molar-refractivity contribution in [2.45, 2.75) is 39.3 Å². The first-order valence-corrected chi connectivity index (χ1v) is 8.06. The van der Waals surface area contributed by atoms with Crippen LogP contribution in [-0.4, -0.2) is 38.8 Å². The number of aryl methyl sites for hydroxylation is 2. The number of hydrogen-bond acceptors (Lipinski definition) is 3. The Morgan fingerprint density at radius 1 is 1.23 bits per heavy atom. The third-order valence-electron chi connectivity index (χ3n) is 4.30. The topological polar surface area (TPSA) is 34.0 Å². The van der Waals surface area contributed by atoms with Crippen molar-refractivity contribution >= 4 is 6.08 Å². The van der Waals surface area contributed by atoms with Gasteiger partial charge in [-0.3, -0.25) is 4.90 Å². The average molecular weight is 296 g/mol. The van der Waals surface area contributed by atoms with E-state index in [1.165, 1.54) is 24.9 Å². The van der Waals surface area contributed by atoms with E-state index in [1.807, 2.05) is 13.8 Å². The Hall–Kier alpha value is -1.94. The minimum Gasteiger partial charge on any atom is -0.295 e. The van der Waals surface area contributed by atoms with Gasteiger partial charge in [0, 0.05) is 12.6 Å². The molecular weight excluding hydrogens is 272 g/mol. The SMILES string of the molecule is Cc1nc(C)n(C[C@@H]2CCCN2C/C=C/c2ccccc2)n1. The molecule has 22 heavy (non-hydrogen) atoms. The smallest absolute Gasteiger partial charge is 0.147 e. The molecule has 0 spiro atoms. The molecule has 1 aromatic heterocycles. The van der Waals surface area contributed by atoms with Crippen molar-refractivity contribution < 1.29 is 0 Å². The molecule has 1 atom stereocenters. The molecule has 1 aromatic carbocycles. The fourth-order valence-electron chi connectivity index (χ4n) is 3.16. The molecule has 1 saturated heterocycles. The number of nitrogens with zero attached hydrogens (tertiary/aromatic N) is 4. The van der Waals surface area contributed by atoms with Crippen LogP contribution in [0.3, 0.4) is 0 Å². The third-order valence-corrected chi connectivity index (χ3v) is 4.30. The number of rotatable bonds is 5. The first-order valence-electron chi connectivity index (χ1n) is 8.06. The van der Waals surface area contributed by atoms with Crippen molar-refractivity contribution in [2.75, 3.05) is 13.1 Å². The second-order valence-corrected chi connectivity index (χ2v) is 5.99. The van der Waals surface area contributed by atoms with Gasteiger partial charge in [-0.05, 0) is 38.8 Å². The molecule has 0 aliphatic carbocycles. The van der Waals surface area contributed by atoms with Crippen molar-refractivity contribution in [3.63, 3.8) is 0 Å². The summed E-state index contributed by atoms with van der Waals surface area (Å²) in [5.41, 5.74) is 1.26. The van der Waals surface area contributed by atoms with Gasteiger partial charge in [0.25, 0.3) is 0 Å². The average Bonchev–Trinajstić information content (AvgIpc) is 3.07.